The van der Waals surface area contributed by atoms with E-state index < -0.39 is 18.1 Å². The van der Waals surface area contributed by atoms with Crippen LogP contribution in [0.1, 0.15) is 12.8 Å². The molecule has 0 aliphatic carbocycles. The fraction of sp³-hybridized carbons (Fsp3) is 0.750. The first-order valence-electron chi connectivity index (χ1n) is 4.48. The molecule has 0 aromatic heterocycles. The molecule has 2 atom stereocenters. The van der Waals surface area contributed by atoms with Crippen LogP contribution in [0.2, 0.25) is 0 Å². The van der Waals surface area contributed by atoms with Crippen LogP contribution in [0.15, 0.2) is 0 Å². The number of ether oxygens (including phenoxy) is 1. The first-order valence-corrected chi connectivity index (χ1v) is 4.48. The summed E-state index contributed by atoms with van der Waals surface area (Å²) < 4.78 is 5.10. The molecule has 0 saturated carbocycles. The molecule has 0 aromatic rings. The van der Waals surface area contributed by atoms with Crippen LogP contribution in [0.4, 0.5) is 0 Å². The van der Waals surface area contributed by atoms with E-state index in [2.05, 4.69) is 5.32 Å². The average Bonchev–Trinajstić information content (AvgIpc) is 2.66. The molecule has 2 amide bonds. The van der Waals surface area contributed by atoms with Gasteiger partial charge in [0.05, 0.1) is 6.54 Å². The number of carbonyl (C=O) groups is 2. The number of nitrogens with two attached hydrogens (primary N) is 1. The van der Waals surface area contributed by atoms with E-state index >= 15 is 0 Å². The van der Waals surface area contributed by atoms with Crippen molar-refractivity contribution in [2.75, 3.05) is 13.2 Å². The van der Waals surface area contributed by atoms with Crippen LogP contribution in [0.3, 0.4) is 0 Å². The van der Waals surface area contributed by atoms with Gasteiger partial charge in [-0.25, -0.2) is 0 Å². The summed E-state index contributed by atoms with van der Waals surface area (Å²) >= 11 is 0. The summed E-state index contributed by atoms with van der Waals surface area (Å²) in [6, 6.07) is 0. The summed E-state index contributed by atoms with van der Waals surface area (Å²) in [4.78, 5) is 21.7. The third kappa shape index (κ3) is 2.97. The van der Waals surface area contributed by atoms with Crippen molar-refractivity contribution in [3.8, 4) is 0 Å². The number of aliphatic hydroxyl groups is 1. The Morgan fingerprint density at radius 1 is 1.64 bits per heavy atom. The molecule has 80 valence electrons. The smallest absolute Gasteiger partial charge is 0.249 e. The second kappa shape index (κ2) is 4.92. The molecule has 6 nitrogen and oxygen atoms in total. The fourth-order valence-corrected chi connectivity index (χ4v) is 1.20. The van der Waals surface area contributed by atoms with E-state index in [0.29, 0.717) is 13.0 Å². The third-order valence-corrected chi connectivity index (χ3v) is 2.02. The summed E-state index contributed by atoms with van der Waals surface area (Å²) in [5.74, 6) is -1.15. The van der Waals surface area contributed by atoms with E-state index in [4.69, 9.17) is 15.6 Å². The zero-order valence-electron chi connectivity index (χ0n) is 7.73. The quantitative estimate of drug-likeness (QED) is 0.497. The Balaban J connectivity index is 2.23. The molecule has 0 aromatic carbocycles. The molecule has 1 saturated heterocycles. The lowest BCUT2D eigenvalue weighted by atomic mass is 10.2. The van der Waals surface area contributed by atoms with E-state index in [1.807, 2.05) is 0 Å². The number of nitrogens with one attached hydrogen (secondary N) is 1. The molecule has 2 unspecified atom stereocenters. The maximum atomic E-state index is 11.3. The highest BCUT2D eigenvalue weighted by atomic mass is 16.5. The van der Waals surface area contributed by atoms with Gasteiger partial charge < -0.3 is 20.9 Å². The van der Waals surface area contributed by atoms with Crippen LogP contribution in [0.25, 0.3) is 0 Å². The Labute approximate surface area is 81.4 Å². The standard InChI is InChI=1S/C8H14N2O4/c9-7(12)5(11)4-10-8(13)6-2-1-3-14-6/h5-6,11H,1-4H2,(H2,9,12)(H,10,13). The molecule has 6 heteroatoms. The van der Waals surface area contributed by atoms with Gasteiger partial charge in [-0.15, -0.1) is 0 Å². The predicted octanol–water partition coefficient (Wildman–Crippen LogP) is -1.87. The molecule has 0 radical (unpaired) electrons. The lowest BCUT2D eigenvalue weighted by Crippen LogP contribution is -2.43. The fourth-order valence-electron chi connectivity index (χ4n) is 1.20. The van der Waals surface area contributed by atoms with Crippen molar-refractivity contribution >= 4 is 11.8 Å². The lowest BCUT2D eigenvalue weighted by molar-refractivity contribution is -0.131. The van der Waals surface area contributed by atoms with Crippen molar-refractivity contribution in [1.29, 1.82) is 0 Å². The Morgan fingerprint density at radius 3 is 2.86 bits per heavy atom. The van der Waals surface area contributed by atoms with E-state index in [0.717, 1.165) is 6.42 Å². The predicted molar refractivity (Wildman–Crippen MR) is 47.2 cm³/mol. The van der Waals surface area contributed by atoms with Gasteiger partial charge in [0.15, 0.2) is 0 Å². The molecule has 0 spiro atoms. The number of carbonyl (C=O) groups excluding carboxylic acids is 2. The zero-order valence-corrected chi connectivity index (χ0v) is 7.73. The summed E-state index contributed by atoms with van der Waals surface area (Å²) in [7, 11) is 0. The second-order valence-corrected chi connectivity index (χ2v) is 3.16. The van der Waals surface area contributed by atoms with Gasteiger partial charge in [0, 0.05) is 6.61 Å². The molecule has 1 heterocycles. The van der Waals surface area contributed by atoms with Crippen molar-refractivity contribution in [3.63, 3.8) is 0 Å². The minimum Gasteiger partial charge on any atom is -0.381 e. The second-order valence-electron chi connectivity index (χ2n) is 3.16. The maximum Gasteiger partial charge on any atom is 0.249 e. The number of amides is 2. The summed E-state index contributed by atoms with van der Waals surface area (Å²) in [6.07, 6.45) is -0.245. The molecule has 14 heavy (non-hydrogen) atoms. The number of hydrogen-bond acceptors (Lipinski definition) is 4. The van der Waals surface area contributed by atoms with Gasteiger partial charge in [-0.3, -0.25) is 9.59 Å². The minimum absolute atomic E-state index is 0.159. The Kier molecular flexibility index (Phi) is 3.84. The Bertz CT molecular complexity index is 225. The number of primary amides is 1. The molecule has 1 aliphatic heterocycles. The summed E-state index contributed by atoms with van der Waals surface area (Å²) in [5, 5.41) is 11.4. The van der Waals surface area contributed by atoms with Gasteiger partial charge in [-0.05, 0) is 12.8 Å². The molecular formula is C8H14N2O4. The van der Waals surface area contributed by atoms with Crippen molar-refractivity contribution in [3.05, 3.63) is 0 Å². The highest BCUT2D eigenvalue weighted by Gasteiger charge is 2.24. The summed E-state index contributed by atoms with van der Waals surface area (Å²) in [6.45, 7) is 0.421. The summed E-state index contributed by atoms with van der Waals surface area (Å²) in [5.41, 5.74) is 4.80. The Morgan fingerprint density at radius 2 is 2.36 bits per heavy atom. The molecule has 1 fully saturated rings. The van der Waals surface area contributed by atoms with E-state index in [-0.39, 0.29) is 12.5 Å². The van der Waals surface area contributed by atoms with Crippen LogP contribution >= 0.6 is 0 Å². The molecule has 4 N–H and O–H groups in total. The van der Waals surface area contributed by atoms with Crippen molar-refractivity contribution in [2.45, 2.75) is 25.0 Å². The first kappa shape index (κ1) is 10.9. The van der Waals surface area contributed by atoms with Gasteiger partial charge in [0.2, 0.25) is 11.8 Å². The van der Waals surface area contributed by atoms with Crippen LogP contribution < -0.4 is 11.1 Å². The van der Waals surface area contributed by atoms with Gasteiger partial charge >= 0.3 is 0 Å². The minimum atomic E-state index is -1.33. The molecular weight excluding hydrogens is 188 g/mol. The van der Waals surface area contributed by atoms with Crippen LogP contribution in [0.5, 0.6) is 0 Å². The SMILES string of the molecule is NC(=O)C(O)CNC(=O)C1CCCO1. The van der Waals surface area contributed by atoms with E-state index in [1.54, 1.807) is 0 Å². The molecule has 1 aliphatic rings. The maximum absolute atomic E-state index is 11.3. The molecule has 1 rings (SSSR count). The number of hydrogen-bond donors (Lipinski definition) is 3. The normalized spacial score (nSPS) is 23.1. The van der Waals surface area contributed by atoms with Crippen LogP contribution in [-0.4, -0.2) is 42.3 Å². The number of rotatable bonds is 4. The Hall–Kier alpha value is -1.14. The van der Waals surface area contributed by atoms with Crippen LogP contribution in [-0.2, 0) is 14.3 Å². The van der Waals surface area contributed by atoms with E-state index in [1.165, 1.54) is 0 Å². The van der Waals surface area contributed by atoms with Crippen molar-refractivity contribution in [1.82, 2.24) is 5.32 Å². The zero-order chi connectivity index (χ0) is 10.6. The third-order valence-electron chi connectivity index (χ3n) is 2.02. The largest absolute Gasteiger partial charge is 0.381 e. The van der Waals surface area contributed by atoms with E-state index in [9.17, 15) is 9.59 Å². The monoisotopic (exact) mass is 202 g/mol. The van der Waals surface area contributed by atoms with Crippen molar-refractivity contribution < 1.29 is 19.4 Å². The van der Waals surface area contributed by atoms with Gasteiger partial charge in [-0.2, -0.15) is 0 Å². The van der Waals surface area contributed by atoms with Crippen LogP contribution in [0, 0.1) is 0 Å². The first-order chi connectivity index (χ1) is 6.61. The average molecular weight is 202 g/mol. The number of aliphatic hydroxyl groups excluding tert-OH is 1. The van der Waals surface area contributed by atoms with Gasteiger partial charge in [0.1, 0.15) is 12.2 Å². The topological polar surface area (TPSA) is 102 Å². The molecule has 0 bridgehead atoms. The van der Waals surface area contributed by atoms with Gasteiger partial charge in [-0.1, -0.05) is 0 Å². The van der Waals surface area contributed by atoms with Crippen molar-refractivity contribution in [2.24, 2.45) is 5.73 Å². The van der Waals surface area contributed by atoms with Gasteiger partial charge in [0.25, 0.3) is 0 Å². The highest BCUT2D eigenvalue weighted by Crippen LogP contribution is 2.11. The lowest BCUT2D eigenvalue weighted by Gasteiger charge is -2.11. The highest BCUT2D eigenvalue weighted by molar-refractivity contribution is 5.83.